The molecule has 2 aromatic carbocycles. The number of hydrogen-bond donors (Lipinski definition) is 1. The average molecular weight is 531 g/mol. The lowest BCUT2D eigenvalue weighted by molar-refractivity contribution is 0.102. The van der Waals surface area contributed by atoms with E-state index in [4.69, 9.17) is 9.47 Å². The number of ether oxygens (including phenoxy) is 2. The van der Waals surface area contributed by atoms with Gasteiger partial charge in [0.05, 0.1) is 23.0 Å². The van der Waals surface area contributed by atoms with Gasteiger partial charge in [-0.3, -0.25) is 14.4 Å². The van der Waals surface area contributed by atoms with Crippen LogP contribution in [0.4, 0.5) is 10.1 Å². The Balaban J connectivity index is 1.54. The Morgan fingerprint density at radius 2 is 2.09 bits per heavy atom. The number of aryl methyl sites for hydroxylation is 2. The van der Waals surface area contributed by atoms with Gasteiger partial charge in [0, 0.05) is 50.1 Å². The molecule has 3 aromatic rings. The Bertz CT molecular complexity index is 1140. The summed E-state index contributed by atoms with van der Waals surface area (Å²) in [4.78, 5) is 15.1. The number of hydrogen-bond acceptors (Lipinski definition) is 5. The van der Waals surface area contributed by atoms with Crippen molar-refractivity contribution in [2.24, 2.45) is 7.05 Å². The minimum atomic E-state index is -0.339. The number of carbonyl (C=O) groups excluding carboxylic acids is 1. The van der Waals surface area contributed by atoms with E-state index < -0.39 is 0 Å². The highest BCUT2D eigenvalue weighted by Crippen LogP contribution is 2.36. The number of anilines is 1. The molecule has 0 aliphatic carbocycles. The van der Waals surface area contributed by atoms with Gasteiger partial charge in [0.2, 0.25) is 0 Å². The quantitative estimate of drug-likeness (QED) is 0.481. The first-order valence-electron chi connectivity index (χ1n) is 11.2. The molecule has 1 aliphatic rings. The molecular weight excluding hydrogens is 503 g/mol. The molecule has 0 saturated carbocycles. The lowest BCUT2D eigenvalue weighted by atomic mass is 10.1. The van der Waals surface area contributed by atoms with E-state index in [1.54, 1.807) is 23.9 Å². The molecule has 9 heteroatoms. The van der Waals surface area contributed by atoms with Crippen molar-refractivity contribution in [3.05, 3.63) is 64.0 Å². The summed E-state index contributed by atoms with van der Waals surface area (Å²) in [5.41, 5.74) is 3.06. The summed E-state index contributed by atoms with van der Waals surface area (Å²) in [6.45, 7) is 6.42. The lowest BCUT2D eigenvalue weighted by Crippen LogP contribution is -2.30. The van der Waals surface area contributed by atoms with Gasteiger partial charge in [0.25, 0.3) is 5.91 Å². The van der Waals surface area contributed by atoms with Crippen LogP contribution in [-0.2, 0) is 11.8 Å². The summed E-state index contributed by atoms with van der Waals surface area (Å²) in [5, 5.41) is 7.23. The monoisotopic (exact) mass is 530 g/mol. The fourth-order valence-corrected chi connectivity index (χ4v) is 4.49. The molecule has 0 unspecified atom stereocenters. The highest BCUT2D eigenvalue weighted by atomic mass is 79.9. The van der Waals surface area contributed by atoms with E-state index in [9.17, 15) is 9.18 Å². The standard InChI is InChI=1S/C25H28BrFN4O3/c1-17-14-18(4-6-22(17)27)25(32)29-19-5-7-23(20(15-19)24-21(26)16-28-30(24)2)34-13-10-31-8-3-11-33-12-9-31/h4-7,14-16H,3,8-13H2,1-2H3,(H,29,32). The maximum atomic E-state index is 13.6. The van der Waals surface area contributed by atoms with Crippen LogP contribution >= 0.6 is 15.9 Å². The summed E-state index contributed by atoms with van der Waals surface area (Å²) >= 11 is 3.57. The van der Waals surface area contributed by atoms with Crippen molar-refractivity contribution < 1.29 is 18.7 Å². The Kier molecular flexibility index (Phi) is 7.97. The number of nitrogens with one attached hydrogen (secondary N) is 1. The van der Waals surface area contributed by atoms with E-state index in [2.05, 4.69) is 31.2 Å². The van der Waals surface area contributed by atoms with E-state index in [0.717, 1.165) is 55.0 Å². The number of halogens is 2. The minimum absolute atomic E-state index is 0.310. The number of amides is 1. The highest BCUT2D eigenvalue weighted by molar-refractivity contribution is 9.10. The number of rotatable bonds is 7. The molecule has 34 heavy (non-hydrogen) atoms. The van der Waals surface area contributed by atoms with Crippen molar-refractivity contribution in [3.63, 3.8) is 0 Å². The average Bonchev–Trinajstić information content (AvgIpc) is 3.00. The highest BCUT2D eigenvalue weighted by Gasteiger charge is 2.17. The van der Waals surface area contributed by atoms with Gasteiger partial charge in [-0.1, -0.05) is 0 Å². The third kappa shape index (κ3) is 5.84. The fourth-order valence-electron chi connectivity index (χ4n) is 3.93. The predicted molar refractivity (Wildman–Crippen MR) is 133 cm³/mol. The largest absolute Gasteiger partial charge is 0.492 e. The molecule has 0 atom stereocenters. The predicted octanol–water partition coefficient (Wildman–Crippen LogP) is 4.65. The van der Waals surface area contributed by atoms with Crippen molar-refractivity contribution in [2.45, 2.75) is 13.3 Å². The smallest absolute Gasteiger partial charge is 0.255 e. The number of carbonyl (C=O) groups is 1. The second-order valence-corrected chi connectivity index (χ2v) is 9.10. The molecule has 7 nitrogen and oxygen atoms in total. The second-order valence-electron chi connectivity index (χ2n) is 8.25. The topological polar surface area (TPSA) is 68.6 Å². The molecule has 1 aliphatic heterocycles. The number of aromatic nitrogens is 2. The third-order valence-electron chi connectivity index (χ3n) is 5.79. The van der Waals surface area contributed by atoms with Crippen molar-refractivity contribution in [1.82, 2.24) is 14.7 Å². The Labute approximate surface area is 207 Å². The SMILES string of the molecule is Cc1cc(C(=O)Nc2ccc(OCCN3CCCOCC3)c(-c3c(Br)cnn3C)c2)ccc1F. The first kappa shape index (κ1) is 24.4. The first-order valence-corrected chi connectivity index (χ1v) is 12.0. The fraction of sp³-hybridized carbons (Fsp3) is 0.360. The third-order valence-corrected chi connectivity index (χ3v) is 6.37. The molecule has 1 fully saturated rings. The van der Waals surface area contributed by atoms with Crippen LogP contribution in [0.3, 0.4) is 0 Å². The first-order chi connectivity index (χ1) is 16.4. The maximum Gasteiger partial charge on any atom is 0.255 e. The van der Waals surface area contributed by atoms with Crippen LogP contribution in [0.25, 0.3) is 11.3 Å². The van der Waals surface area contributed by atoms with Gasteiger partial charge in [0.1, 0.15) is 18.2 Å². The minimum Gasteiger partial charge on any atom is -0.492 e. The normalized spacial score (nSPS) is 14.6. The molecule has 180 valence electrons. The van der Waals surface area contributed by atoms with E-state index in [0.29, 0.717) is 29.2 Å². The summed E-state index contributed by atoms with van der Waals surface area (Å²) in [7, 11) is 1.85. The van der Waals surface area contributed by atoms with Crippen molar-refractivity contribution >= 4 is 27.5 Å². The second kappa shape index (κ2) is 11.1. The van der Waals surface area contributed by atoms with Crippen LogP contribution in [0.1, 0.15) is 22.3 Å². The van der Waals surface area contributed by atoms with Gasteiger partial charge in [-0.15, -0.1) is 0 Å². The molecule has 1 saturated heterocycles. The molecule has 0 bridgehead atoms. The Morgan fingerprint density at radius 3 is 2.85 bits per heavy atom. The molecule has 2 heterocycles. The van der Waals surface area contributed by atoms with Gasteiger partial charge in [-0.05, 0) is 71.2 Å². The van der Waals surface area contributed by atoms with E-state index >= 15 is 0 Å². The van der Waals surface area contributed by atoms with Crippen LogP contribution in [-0.4, -0.2) is 60.0 Å². The van der Waals surface area contributed by atoms with E-state index in [1.807, 2.05) is 19.2 Å². The lowest BCUT2D eigenvalue weighted by Gasteiger charge is -2.20. The molecule has 1 aromatic heterocycles. The molecule has 1 N–H and O–H groups in total. The number of benzene rings is 2. The van der Waals surface area contributed by atoms with Crippen LogP contribution in [0.15, 0.2) is 47.1 Å². The Morgan fingerprint density at radius 1 is 1.24 bits per heavy atom. The van der Waals surface area contributed by atoms with E-state index in [-0.39, 0.29) is 11.7 Å². The summed E-state index contributed by atoms with van der Waals surface area (Å²) in [6.07, 6.45) is 2.75. The van der Waals surface area contributed by atoms with E-state index in [1.165, 1.54) is 18.2 Å². The molecule has 0 spiro atoms. The van der Waals surface area contributed by atoms with Crippen LogP contribution in [0.5, 0.6) is 5.75 Å². The van der Waals surface area contributed by atoms with Crippen LogP contribution in [0.2, 0.25) is 0 Å². The van der Waals surface area contributed by atoms with Gasteiger partial charge < -0.3 is 14.8 Å². The summed E-state index contributed by atoms with van der Waals surface area (Å²) in [5.74, 6) is 0.0512. The molecular formula is C25H28BrFN4O3. The van der Waals surface area contributed by atoms with Gasteiger partial charge in [-0.2, -0.15) is 5.10 Å². The molecule has 4 rings (SSSR count). The summed E-state index contributed by atoms with van der Waals surface area (Å²) < 4.78 is 27.9. The Hall–Kier alpha value is -2.75. The zero-order chi connectivity index (χ0) is 24.1. The summed E-state index contributed by atoms with van der Waals surface area (Å²) in [6, 6.07) is 9.83. The zero-order valence-corrected chi connectivity index (χ0v) is 20.9. The van der Waals surface area contributed by atoms with Crippen LogP contribution < -0.4 is 10.1 Å². The zero-order valence-electron chi connectivity index (χ0n) is 19.3. The van der Waals surface area contributed by atoms with Crippen LogP contribution in [0, 0.1) is 12.7 Å². The van der Waals surface area contributed by atoms with Crippen molar-refractivity contribution in [1.29, 1.82) is 0 Å². The van der Waals surface area contributed by atoms with Crippen molar-refractivity contribution in [2.75, 3.05) is 44.8 Å². The van der Waals surface area contributed by atoms with Gasteiger partial charge in [0.15, 0.2) is 0 Å². The van der Waals surface area contributed by atoms with Crippen molar-refractivity contribution in [3.8, 4) is 17.0 Å². The van der Waals surface area contributed by atoms with Gasteiger partial charge >= 0.3 is 0 Å². The molecule has 0 radical (unpaired) electrons. The molecule has 1 amide bonds. The number of nitrogens with zero attached hydrogens (tertiary/aromatic N) is 3. The maximum absolute atomic E-state index is 13.6. The van der Waals surface area contributed by atoms with Gasteiger partial charge in [-0.25, -0.2) is 4.39 Å².